The summed E-state index contributed by atoms with van der Waals surface area (Å²) in [4.78, 5) is 38.9. The molecule has 0 aliphatic rings. The van der Waals surface area contributed by atoms with Crippen LogP contribution in [0.3, 0.4) is 0 Å². The van der Waals surface area contributed by atoms with Crippen LogP contribution in [0.2, 0.25) is 0 Å². The van der Waals surface area contributed by atoms with Crippen LogP contribution in [-0.4, -0.2) is 42.3 Å². The first kappa shape index (κ1) is 20.6. The standard InChI is InChI=1S/C20H25N3O3S/c1-14(2)12-23(20(26)17-5-4-10-27-17)13-19(25)21-11-18(24)22-16-8-6-15(3)7-9-16/h4-10,14H,11-13H2,1-3H3,(H,21,25)(H,22,24). The van der Waals surface area contributed by atoms with Crippen LogP contribution in [-0.2, 0) is 9.59 Å². The van der Waals surface area contributed by atoms with Crippen molar-refractivity contribution in [3.8, 4) is 0 Å². The number of anilines is 1. The molecule has 0 aliphatic heterocycles. The van der Waals surface area contributed by atoms with E-state index in [0.717, 1.165) is 5.56 Å². The second kappa shape index (κ2) is 9.87. The fraction of sp³-hybridized carbons (Fsp3) is 0.350. The van der Waals surface area contributed by atoms with Gasteiger partial charge >= 0.3 is 0 Å². The van der Waals surface area contributed by atoms with Crippen LogP contribution in [0.15, 0.2) is 41.8 Å². The van der Waals surface area contributed by atoms with Gasteiger partial charge in [0.25, 0.3) is 5.91 Å². The Labute approximate surface area is 163 Å². The minimum atomic E-state index is -0.361. The van der Waals surface area contributed by atoms with Gasteiger partial charge in [0, 0.05) is 12.2 Å². The number of amides is 3. The van der Waals surface area contributed by atoms with E-state index < -0.39 is 0 Å². The van der Waals surface area contributed by atoms with E-state index in [2.05, 4.69) is 10.6 Å². The Morgan fingerprint density at radius 3 is 2.37 bits per heavy atom. The maximum atomic E-state index is 12.6. The van der Waals surface area contributed by atoms with Gasteiger partial charge < -0.3 is 15.5 Å². The lowest BCUT2D eigenvalue weighted by atomic mass is 10.2. The SMILES string of the molecule is Cc1ccc(NC(=O)CNC(=O)CN(CC(C)C)C(=O)c2cccs2)cc1. The van der Waals surface area contributed by atoms with Crippen molar-refractivity contribution in [2.24, 2.45) is 5.92 Å². The van der Waals surface area contributed by atoms with Crippen LogP contribution in [0.25, 0.3) is 0 Å². The molecule has 1 aromatic carbocycles. The minimum Gasteiger partial charge on any atom is -0.345 e. The summed E-state index contributed by atoms with van der Waals surface area (Å²) in [5.74, 6) is -0.615. The lowest BCUT2D eigenvalue weighted by molar-refractivity contribution is -0.124. The Morgan fingerprint density at radius 2 is 1.78 bits per heavy atom. The second-order valence-electron chi connectivity index (χ2n) is 6.75. The molecule has 1 aromatic heterocycles. The number of nitrogens with one attached hydrogen (secondary N) is 2. The second-order valence-corrected chi connectivity index (χ2v) is 7.70. The molecule has 6 nitrogen and oxygen atoms in total. The maximum absolute atomic E-state index is 12.6. The van der Waals surface area contributed by atoms with Crippen molar-refractivity contribution in [2.75, 3.05) is 25.0 Å². The molecule has 0 unspecified atom stereocenters. The lowest BCUT2D eigenvalue weighted by Gasteiger charge is -2.23. The molecule has 0 saturated carbocycles. The molecule has 3 amide bonds. The van der Waals surface area contributed by atoms with E-state index in [9.17, 15) is 14.4 Å². The molecule has 144 valence electrons. The van der Waals surface area contributed by atoms with Gasteiger partial charge in [-0.3, -0.25) is 14.4 Å². The molecule has 27 heavy (non-hydrogen) atoms. The van der Waals surface area contributed by atoms with Gasteiger partial charge in [-0.05, 0) is 36.4 Å². The van der Waals surface area contributed by atoms with Gasteiger partial charge in [0.15, 0.2) is 0 Å². The van der Waals surface area contributed by atoms with Crippen molar-refractivity contribution >= 4 is 34.7 Å². The summed E-state index contributed by atoms with van der Waals surface area (Å²) in [5.41, 5.74) is 1.77. The normalized spacial score (nSPS) is 10.5. The number of benzene rings is 1. The zero-order valence-electron chi connectivity index (χ0n) is 15.8. The molecule has 0 saturated heterocycles. The van der Waals surface area contributed by atoms with Crippen LogP contribution in [0.5, 0.6) is 0 Å². The first-order chi connectivity index (χ1) is 12.8. The highest BCUT2D eigenvalue weighted by Gasteiger charge is 2.20. The summed E-state index contributed by atoms with van der Waals surface area (Å²) in [5, 5.41) is 7.13. The van der Waals surface area contributed by atoms with E-state index in [-0.39, 0.29) is 36.7 Å². The number of hydrogen-bond acceptors (Lipinski definition) is 4. The van der Waals surface area contributed by atoms with Gasteiger partial charge in [-0.25, -0.2) is 0 Å². The molecular formula is C20H25N3O3S. The molecule has 0 spiro atoms. The van der Waals surface area contributed by atoms with Crippen molar-refractivity contribution in [1.29, 1.82) is 0 Å². The lowest BCUT2D eigenvalue weighted by Crippen LogP contribution is -2.44. The first-order valence-corrected chi connectivity index (χ1v) is 9.69. The smallest absolute Gasteiger partial charge is 0.264 e. The maximum Gasteiger partial charge on any atom is 0.264 e. The third-order valence-electron chi connectivity index (χ3n) is 3.72. The number of nitrogens with zero attached hydrogens (tertiary/aromatic N) is 1. The number of thiophene rings is 1. The summed E-state index contributed by atoms with van der Waals surface area (Å²) in [6.45, 7) is 6.19. The largest absolute Gasteiger partial charge is 0.345 e. The zero-order valence-corrected chi connectivity index (χ0v) is 16.6. The molecule has 2 N–H and O–H groups in total. The highest BCUT2D eigenvalue weighted by atomic mass is 32.1. The number of rotatable bonds is 8. The zero-order chi connectivity index (χ0) is 19.8. The Kier molecular flexibility index (Phi) is 7.55. The molecule has 0 atom stereocenters. The van der Waals surface area contributed by atoms with Crippen LogP contribution < -0.4 is 10.6 Å². The molecule has 2 rings (SSSR count). The van der Waals surface area contributed by atoms with Gasteiger partial charge in [-0.15, -0.1) is 11.3 Å². The van der Waals surface area contributed by atoms with E-state index in [1.165, 1.54) is 16.2 Å². The van der Waals surface area contributed by atoms with Gasteiger partial charge in [0.05, 0.1) is 18.0 Å². The number of aryl methyl sites for hydroxylation is 1. The topological polar surface area (TPSA) is 78.5 Å². The Hall–Kier alpha value is -2.67. The number of carbonyl (C=O) groups excluding carboxylic acids is 3. The minimum absolute atomic E-state index is 0.0767. The van der Waals surface area contributed by atoms with Gasteiger partial charge in [0.1, 0.15) is 0 Å². The average Bonchev–Trinajstić information content (AvgIpc) is 3.15. The molecule has 0 radical (unpaired) electrons. The summed E-state index contributed by atoms with van der Waals surface area (Å²) in [7, 11) is 0. The number of hydrogen-bond donors (Lipinski definition) is 2. The molecule has 0 aliphatic carbocycles. The van der Waals surface area contributed by atoms with Crippen LogP contribution in [0.1, 0.15) is 29.1 Å². The van der Waals surface area contributed by atoms with E-state index in [1.807, 2.05) is 38.3 Å². The van der Waals surface area contributed by atoms with Crippen LogP contribution in [0.4, 0.5) is 5.69 Å². The summed E-state index contributed by atoms with van der Waals surface area (Å²) >= 11 is 1.35. The fourth-order valence-corrected chi connectivity index (χ4v) is 3.16. The van der Waals surface area contributed by atoms with Gasteiger partial charge in [-0.1, -0.05) is 37.6 Å². The number of carbonyl (C=O) groups is 3. The molecular weight excluding hydrogens is 362 g/mol. The third kappa shape index (κ3) is 6.86. The first-order valence-electron chi connectivity index (χ1n) is 8.81. The Bertz CT molecular complexity index is 770. The third-order valence-corrected chi connectivity index (χ3v) is 4.58. The highest BCUT2D eigenvalue weighted by Crippen LogP contribution is 2.13. The average molecular weight is 388 g/mol. The fourth-order valence-electron chi connectivity index (χ4n) is 2.47. The molecule has 2 aromatic rings. The molecule has 0 fully saturated rings. The van der Waals surface area contributed by atoms with E-state index in [1.54, 1.807) is 24.3 Å². The van der Waals surface area contributed by atoms with Gasteiger partial charge in [-0.2, -0.15) is 0 Å². The van der Waals surface area contributed by atoms with Crippen LogP contribution in [0, 0.1) is 12.8 Å². The van der Waals surface area contributed by atoms with Gasteiger partial charge in [0.2, 0.25) is 11.8 Å². The van der Waals surface area contributed by atoms with Crippen molar-refractivity contribution in [3.63, 3.8) is 0 Å². The predicted molar refractivity (Wildman–Crippen MR) is 108 cm³/mol. The molecule has 1 heterocycles. The summed E-state index contributed by atoms with van der Waals surface area (Å²) in [6, 6.07) is 11.0. The Morgan fingerprint density at radius 1 is 1.07 bits per heavy atom. The molecule has 7 heteroatoms. The van der Waals surface area contributed by atoms with E-state index >= 15 is 0 Å². The predicted octanol–water partition coefficient (Wildman–Crippen LogP) is 2.91. The molecule has 0 bridgehead atoms. The van der Waals surface area contributed by atoms with Crippen molar-refractivity contribution in [2.45, 2.75) is 20.8 Å². The van der Waals surface area contributed by atoms with Crippen LogP contribution >= 0.6 is 11.3 Å². The summed E-state index contributed by atoms with van der Waals surface area (Å²) < 4.78 is 0. The van der Waals surface area contributed by atoms with Crippen molar-refractivity contribution in [1.82, 2.24) is 10.2 Å². The quantitative estimate of drug-likeness (QED) is 0.731. The van der Waals surface area contributed by atoms with Crippen molar-refractivity contribution < 1.29 is 14.4 Å². The van der Waals surface area contributed by atoms with Crippen molar-refractivity contribution in [3.05, 3.63) is 52.2 Å². The van der Waals surface area contributed by atoms with E-state index in [4.69, 9.17) is 0 Å². The Balaban J connectivity index is 1.86. The van der Waals surface area contributed by atoms with E-state index in [0.29, 0.717) is 17.1 Å². The monoisotopic (exact) mass is 387 g/mol. The highest BCUT2D eigenvalue weighted by molar-refractivity contribution is 7.12. The summed E-state index contributed by atoms with van der Waals surface area (Å²) in [6.07, 6.45) is 0.